The van der Waals surface area contributed by atoms with Gasteiger partial charge in [-0.25, -0.2) is 4.79 Å². The van der Waals surface area contributed by atoms with Crippen LogP contribution in [0.15, 0.2) is 78.9 Å². The highest BCUT2D eigenvalue weighted by molar-refractivity contribution is 6.14. The van der Waals surface area contributed by atoms with E-state index in [0.717, 1.165) is 0 Å². The number of anilines is 2. The van der Waals surface area contributed by atoms with Crippen molar-refractivity contribution in [2.75, 3.05) is 24.3 Å². The summed E-state index contributed by atoms with van der Waals surface area (Å²) >= 11 is 0. The van der Waals surface area contributed by atoms with Crippen LogP contribution in [-0.4, -0.2) is 31.4 Å². The van der Waals surface area contributed by atoms with Crippen LogP contribution in [0, 0.1) is 0 Å². The Morgan fingerprint density at radius 3 is 2.33 bits per heavy atom. The number of amides is 3. The summed E-state index contributed by atoms with van der Waals surface area (Å²) in [6.45, 7) is -0.260. The van der Waals surface area contributed by atoms with E-state index in [9.17, 15) is 14.4 Å². The summed E-state index contributed by atoms with van der Waals surface area (Å²) in [5, 5.41) is 7.78. The van der Waals surface area contributed by atoms with Gasteiger partial charge in [0.25, 0.3) is 0 Å². The van der Waals surface area contributed by atoms with Gasteiger partial charge in [-0.1, -0.05) is 48.5 Å². The number of carbonyl (C=O) groups excluding carboxylic acids is 3. The topological polar surface area (TPSA) is 96.5 Å². The molecule has 30 heavy (non-hydrogen) atoms. The van der Waals surface area contributed by atoms with Gasteiger partial charge in [0.05, 0.1) is 19.3 Å². The molecule has 3 aromatic carbocycles. The molecular formula is C23H21N3O4. The first kappa shape index (κ1) is 20.6. The molecule has 3 aromatic rings. The van der Waals surface area contributed by atoms with Gasteiger partial charge in [-0.15, -0.1) is 0 Å². The van der Waals surface area contributed by atoms with E-state index in [1.807, 2.05) is 6.07 Å². The van der Waals surface area contributed by atoms with E-state index < -0.39 is 11.9 Å². The molecule has 7 nitrogen and oxygen atoms in total. The number of nitrogens with one attached hydrogen (secondary N) is 3. The highest BCUT2D eigenvalue weighted by Crippen LogP contribution is 2.19. The van der Waals surface area contributed by atoms with Gasteiger partial charge in [-0.3, -0.25) is 9.59 Å². The fourth-order valence-corrected chi connectivity index (χ4v) is 2.77. The molecule has 0 unspecified atom stereocenters. The van der Waals surface area contributed by atoms with Crippen LogP contribution in [0.1, 0.15) is 15.9 Å². The Balaban J connectivity index is 1.59. The Labute approximate surface area is 174 Å². The third-order valence-corrected chi connectivity index (χ3v) is 4.22. The second-order valence-electron chi connectivity index (χ2n) is 6.33. The molecule has 0 fully saturated rings. The number of para-hydroxylation sites is 1. The lowest BCUT2D eigenvalue weighted by molar-refractivity contribution is -0.115. The van der Waals surface area contributed by atoms with Gasteiger partial charge in [-0.2, -0.15) is 0 Å². The highest BCUT2D eigenvalue weighted by atomic mass is 16.5. The predicted octanol–water partition coefficient (Wildman–Crippen LogP) is 3.69. The molecule has 0 atom stereocenters. The minimum Gasteiger partial charge on any atom is -0.497 e. The molecule has 3 N–H and O–H groups in total. The SMILES string of the molecule is COc1cccc(NC(=O)NCC(=O)Nc2ccccc2C(=O)c2ccccc2)c1. The zero-order valence-corrected chi connectivity index (χ0v) is 16.3. The van der Waals surface area contributed by atoms with E-state index in [-0.39, 0.29) is 12.3 Å². The van der Waals surface area contributed by atoms with Crippen molar-refractivity contribution in [2.24, 2.45) is 0 Å². The molecule has 3 rings (SSSR count). The van der Waals surface area contributed by atoms with Gasteiger partial charge in [0.15, 0.2) is 5.78 Å². The third kappa shape index (κ3) is 5.45. The van der Waals surface area contributed by atoms with Crippen molar-refractivity contribution in [3.63, 3.8) is 0 Å². The Hall–Kier alpha value is -4.13. The fourth-order valence-electron chi connectivity index (χ4n) is 2.77. The lowest BCUT2D eigenvalue weighted by Gasteiger charge is -2.12. The van der Waals surface area contributed by atoms with Crippen LogP contribution >= 0.6 is 0 Å². The first-order valence-corrected chi connectivity index (χ1v) is 9.24. The molecule has 0 saturated heterocycles. The van der Waals surface area contributed by atoms with Crippen LogP contribution in [0.25, 0.3) is 0 Å². The molecule has 0 aliphatic carbocycles. The van der Waals surface area contributed by atoms with Crippen molar-refractivity contribution < 1.29 is 19.1 Å². The number of methoxy groups -OCH3 is 1. The van der Waals surface area contributed by atoms with E-state index >= 15 is 0 Å². The lowest BCUT2D eigenvalue weighted by atomic mass is 10.0. The number of carbonyl (C=O) groups is 3. The normalized spacial score (nSPS) is 10.0. The van der Waals surface area contributed by atoms with Crippen molar-refractivity contribution in [2.45, 2.75) is 0 Å². The minimum atomic E-state index is -0.535. The average molecular weight is 403 g/mol. The Morgan fingerprint density at radius 2 is 1.57 bits per heavy atom. The van der Waals surface area contributed by atoms with Crippen LogP contribution in [0.3, 0.4) is 0 Å². The van der Waals surface area contributed by atoms with Crippen molar-refractivity contribution in [3.05, 3.63) is 90.0 Å². The molecule has 3 amide bonds. The molecular weight excluding hydrogens is 382 g/mol. The van der Waals surface area contributed by atoms with Crippen molar-refractivity contribution in [1.29, 1.82) is 0 Å². The van der Waals surface area contributed by atoms with Crippen LogP contribution in [0.5, 0.6) is 5.75 Å². The van der Waals surface area contributed by atoms with Crippen LogP contribution in [-0.2, 0) is 4.79 Å². The summed E-state index contributed by atoms with van der Waals surface area (Å²) in [5.74, 6) is -0.0513. The zero-order chi connectivity index (χ0) is 21.3. The van der Waals surface area contributed by atoms with Crippen molar-refractivity contribution >= 4 is 29.1 Å². The van der Waals surface area contributed by atoms with Gasteiger partial charge in [-0.05, 0) is 24.3 Å². The predicted molar refractivity (Wildman–Crippen MR) is 115 cm³/mol. The summed E-state index contributed by atoms with van der Waals surface area (Å²) in [6, 6.07) is 21.9. The quantitative estimate of drug-likeness (QED) is 0.524. The van der Waals surface area contributed by atoms with E-state index in [1.165, 1.54) is 7.11 Å². The summed E-state index contributed by atoms with van der Waals surface area (Å²) in [6.07, 6.45) is 0. The zero-order valence-electron chi connectivity index (χ0n) is 16.3. The van der Waals surface area contributed by atoms with E-state index in [0.29, 0.717) is 28.3 Å². The molecule has 0 aromatic heterocycles. The maximum Gasteiger partial charge on any atom is 0.319 e. The van der Waals surface area contributed by atoms with Gasteiger partial charge in [0.2, 0.25) is 5.91 Å². The van der Waals surface area contributed by atoms with Crippen LogP contribution in [0.2, 0.25) is 0 Å². The summed E-state index contributed by atoms with van der Waals surface area (Å²) in [7, 11) is 1.53. The van der Waals surface area contributed by atoms with Gasteiger partial charge in [0, 0.05) is 22.9 Å². The second-order valence-corrected chi connectivity index (χ2v) is 6.33. The monoisotopic (exact) mass is 403 g/mol. The number of hydrogen-bond donors (Lipinski definition) is 3. The number of hydrogen-bond acceptors (Lipinski definition) is 4. The van der Waals surface area contributed by atoms with Crippen LogP contribution in [0.4, 0.5) is 16.2 Å². The molecule has 0 spiro atoms. The summed E-state index contributed by atoms with van der Waals surface area (Å²) < 4.78 is 5.10. The summed E-state index contributed by atoms with van der Waals surface area (Å²) in [5.41, 5.74) is 1.81. The lowest BCUT2D eigenvalue weighted by Crippen LogP contribution is -2.36. The maximum atomic E-state index is 12.7. The molecule has 0 aliphatic heterocycles. The number of ketones is 1. The Kier molecular flexibility index (Phi) is 6.78. The first-order valence-electron chi connectivity index (χ1n) is 9.24. The highest BCUT2D eigenvalue weighted by Gasteiger charge is 2.15. The van der Waals surface area contributed by atoms with Crippen molar-refractivity contribution in [1.82, 2.24) is 5.32 Å². The fraction of sp³-hybridized carbons (Fsp3) is 0.0870. The number of ether oxygens (including phenoxy) is 1. The average Bonchev–Trinajstić information content (AvgIpc) is 2.78. The Morgan fingerprint density at radius 1 is 0.833 bits per heavy atom. The van der Waals surface area contributed by atoms with E-state index in [4.69, 9.17) is 4.74 Å². The minimum absolute atomic E-state index is 0.199. The number of rotatable bonds is 7. The third-order valence-electron chi connectivity index (χ3n) is 4.22. The molecule has 0 heterocycles. The van der Waals surface area contributed by atoms with Crippen LogP contribution < -0.4 is 20.7 Å². The molecule has 7 heteroatoms. The second kappa shape index (κ2) is 9.88. The Bertz CT molecular complexity index is 1050. The largest absolute Gasteiger partial charge is 0.497 e. The first-order chi connectivity index (χ1) is 14.6. The molecule has 0 aliphatic rings. The number of urea groups is 1. The maximum absolute atomic E-state index is 12.7. The summed E-state index contributed by atoms with van der Waals surface area (Å²) in [4.78, 5) is 37.1. The molecule has 152 valence electrons. The standard InChI is InChI=1S/C23H21N3O4/c1-30-18-11-7-10-17(14-18)25-23(29)24-15-21(27)26-20-13-6-5-12-19(20)22(28)16-8-3-2-4-9-16/h2-14H,15H2,1H3,(H,26,27)(H2,24,25,29). The smallest absolute Gasteiger partial charge is 0.319 e. The van der Waals surface area contributed by atoms with Gasteiger partial charge < -0.3 is 20.7 Å². The molecule has 0 radical (unpaired) electrons. The molecule has 0 bridgehead atoms. The van der Waals surface area contributed by atoms with Crippen molar-refractivity contribution in [3.8, 4) is 5.75 Å². The van der Waals surface area contributed by atoms with E-state index in [2.05, 4.69) is 16.0 Å². The van der Waals surface area contributed by atoms with E-state index in [1.54, 1.807) is 72.8 Å². The van der Waals surface area contributed by atoms with Gasteiger partial charge >= 0.3 is 6.03 Å². The molecule has 0 saturated carbocycles. The van der Waals surface area contributed by atoms with Gasteiger partial charge in [0.1, 0.15) is 5.75 Å². The number of benzene rings is 3.